The minimum atomic E-state index is -1.04. The standard InChI is InChI=1S/C6H7NO3/c1-2-4-3-10-7-5(4)6(8)9/h3H,2H2,1H3,(H,8,9). The summed E-state index contributed by atoms with van der Waals surface area (Å²) in [6, 6.07) is 0. The summed E-state index contributed by atoms with van der Waals surface area (Å²) in [6.45, 7) is 1.85. The molecule has 4 nitrogen and oxygen atoms in total. The van der Waals surface area contributed by atoms with E-state index in [4.69, 9.17) is 5.11 Å². The number of aryl methyl sites for hydroxylation is 1. The van der Waals surface area contributed by atoms with Gasteiger partial charge in [0.25, 0.3) is 0 Å². The lowest BCUT2D eigenvalue weighted by atomic mass is 10.2. The Morgan fingerprint density at radius 3 is 3.00 bits per heavy atom. The van der Waals surface area contributed by atoms with Crippen LogP contribution in [0.2, 0.25) is 0 Å². The number of hydrogen-bond donors (Lipinski definition) is 1. The topological polar surface area (TPSA) is 63.3 Å². The summed E-state index contributed by atoms with van der Waals surface area (Å²) in [5.74, 6) is -1.04. The second-order valence-corrected chi connectivity index (χ2v) is 1.85. The molecular weight excluding hydrogens is 134 g/mol. The van der Waals surface area contributed by atoms with Crippen LogP contribution in [-0.2, 0) is 6.42 Å². The monoisotopic (exact) mass is 141 g/mol. The summed E-state index contributed by atoms with van der Waals surface area (Å²) < 4.78 is 4.47. The molecule has 0 saturated heterocycles. The van der Waals surface area contributed by atoms with Crippen LogP contribution < -0.4 is 0 Å². The Hall–Kier alpha value is -1.32. The number of aromatic carboxylic acids is 1. The van der Waals surface area contributed by atoms with E-state index in [1.807, 2.05) is 6.92 Å². The summed E-state index contributed by atoms with van der Waals surface area (Å²) in [7, 11) is 0. The summed E-state index contributed by atoms with van der Waals surface area (Å²) in [4.78, 5) is 10.3. The number of nitrogens with zero attached hydrogens (tertiary/aromatic N) is 1. The molecule has 0 saturated carbocycles. The summed E-state index contributed by atoms with van der Waals surface area (Å²) >= 11 is 0. The van der Waals surface area contributed by atoms with Gasteiger partial charge in [-0.3, -0.25) is 0 Å². The lowest BCUT2D eigenvalue weighted by Gasteiger charge is -1.87. The summed E-state index contributed by atoms with van der Waals surface area (Å²) in [5.41, 5.74) is 0.648. The maximum Gasteiger partial charge on any atom is 0.358 e. The average Bonchev–Trinajstić information content (AvgIpc) is 2.33. The first-order valence-corrected chi connectivity index (χ1v) is 2.92. The summed E-state index contributed by atoms with van der Waals surface area (Å²) in [5, 5.41) is 11.8. The molecule has 1 N–H and O–H groups in total. The zero-order valence-electron chi connectivity index (χ0n) is 5.50. The number of carboxylic acid groups (broad SMARTS) is 1. The molecule has 54 valence electrons. The van der Waals surface area contributed by atoms with Gasteiger partial charge in [0, 0.05) is 5.56 Å². The first kappa shape index (κ1) is 6.80. The van der Waals surface area contributed by atoms with Crippen LogP contribution >= 0.6 is 0 Å². The SMILES string of the molecule is CCc1conc1C(=O)O. The third-order valence-corrected chi connectivity index (χ3v) is 1.23. The van der Waals surface area contributed by atoms with Crippen LogP contribution in [0.1, 0.15) is 23.0 Å². The van der Waals surface area contributed by atoms with E-state index in [0.29, 0.717) is 12.0 Å². The van der Waals surface area contributed by atoms with E-state index < -0.39 is 5.97 Å². The highest BCUT2D eigenvalue weighted by Crippen LogP contribution is 2.06. The number of carbonyl (C=O) groups is 1. The van der Waals surface area contributed by atoms with Crippen LogP contribution in [0.5, 0.6) is 0 Å². The van der Waals surface area contributed by atoms with Crippen molar-refractivity contribution in [3.8, 4) is 0 Å². The zero-order valence-corrected chi connectivity index (χ0v) is 5.50. The molecule has 10 heavy (non-hydrogen) atoms. The maximum atomic E-state index is 10.3. The van der Waals surface area contributed by atoms with Crippen molar-refractivity contribution in [3.63, 3.8) is 0 Å². The molecule has 0 aliphatic heterocycles. The quantitative estimate of drug-likeness (QED) is 0.665. The molecule has 0 amide bonds. The maximum absolute atomic E-state index is 10.3. The lowest BCUT2D eigenvalue weighted by Crippen LogP contribution is -1.99. The van der Waals surface area contributed by atoms with Gasteiger partial charge in [0.05, 0.1) is 0 Å². The minimum absolute atomic E-state index is 0.0162. The Kier molecular flexibility index (Phi) is 1.71. The van der Waals surface area contributed by atoms with Gasteiger partial charge in [-0.25, -0.2) is 4.79 Å². The molecule has 1 aromatic heterocycles. The van der Waals surface area contributed by atoms with Gasteiger partial charge in [0.15, 0.2) is 5.69 Å². The van der Waals surface area contributed by atoms with Crippen LogP contribution in [0.3, 0.4) is 0 Å². The molecule has 1 aromatic rings. The Morgan fingerprint density at radius 2 is 2.60 bits per heavy atom. The van der Waals surface area contributed by atoms with E-state index in [1.165, 1.54) is 6.26 Å². The van der Waals surface area contributed by atoms with Gasteiger partial charge in [0.1, 0.15) is 6.26 Å². The van der Waals surface area contributed by atoms with Crippen LogP contribution in [-0.4, -0.2) is 16.2 Å². The lowest BCUT2D eigenvalue weighted by molar-refractivity contribution is 0.0684. The number of rotatable bonds is 2. The van der Waals surface area contributed by atoms with Crippen molar-refractivity contribution >= 4 is 5.97 Å². The molecule has 1 rings (SSSR count). The highest BCUT2D eigenvalue weighted by molar-refractivity contribution is 5.86. The van der Waals surface area contributed by atoms with Crippen molar-refractivity contribution < 1.29 is 14.4 Å². The highest BCUT2D eigenvalue weighted by atomic mass is 16.5. The fourth-order valence-corrected chi connectivity index (χ4v) is 0.684. The third kappa shape index (κ3) is 1.00. The Balaban J connectivity index is 3.01. The molecule has 1 heterocycles. The number of carboxylic acids is 1. The van der Waals surface area contributed by atoms with E-state index in [1.54, 1.807) is 0 Å². The first-order chi connectivity index (χ1) is 4.75. The zero-order chi connectivity index (χ0) is 7.56. The van der Waals surface area contributed by atoms with Crippen molar-refractivity contribution in [2.45, 2.75) is 13.3 Å². The van der Waals surface area contributed by atoms with Gasteiger partial charge in [0.2, 0.25) is 0 Å². The van der Waals surface area contributed by atoms with Crippen molar-refractivity contribution in [3.05, 3.63) is 17.5 Å². The molecule has 0 radical (unpaired) electrons. The number of aromatic nitrogens is 1. The molecule has 0 aliphatic rings. The first-order valence-electron chi connectivity index (χ1n) is 2.92. The number of hydrogen-bond acceptors (Lipinski definition) is 3. The molecule has 0 aliphatic carbocycles. The second-order valence-electron chi connectivity index (χ2n) is 1.85. The van der Waals surface area contributed by atoms with Gasteiger partial charge >= 0.3 is 5.97 Å². The van der Waals surface area contributed by atoms with Gasteiger partial charge in [-0.15, -0.1) is 0 Å². The van der Waals surface area contributed by atoms with Crippen LogP contribution in [0.25, 0.3) is 0 Å². The molecule has 0 fully saturated rings. The van der Waals surface area contributed by atoms with Crippen molar-refractivity contribution in [2.24, 2.45) is 0 Å². The van der Waals surface area contributed by atoms with Crippen molar-refractivity contribution in [2.75, 3.05) is 0 Å². The molecule has 0 spiro atoms. The fraction of sp³-hybridized carbons (Fsp3) is 0.333. The minimum Gasteiger partial charge on any atom is -0.476 e. The van der Waals surface area contributed by atoms with E-state index in [-0.39, 0.29) is 5.69 Å². The largest absolute Gasteiger partial charge is 0.476 e. The molecule has 0 atom stereocenters. The smallest absolute Gasteiger partial charge is 0.358 e. The van der Waals surface area contributed by atoms with Crippen LogP contribution in [0, 0.1) is 0 Å². The van der Waals surface area contributed by atoms with Crippen molar-refractivity contribution in [1.82, 2.24) is 5.16 Å². The Labute approximate surface area is 57.4 Å². The van der Waals surface area contributed by atoms with Gasteiger partial charge in [-0.1, -0.05) is 12.1 Å². The van der Waals surface area contributed by atoms with Gasteiger partial charge in [-0.05, 0) is 6.42 Å². The normalized spacial score (nSPS) is 9.70. The van der Waals surface area contributed by atoms with E-state index in [0.717, 1.165) is 0 Å². The van der Waals surface area contributed by atoms with E-state index >= 15 is 0 Å². The molecule has 0 aromatic carbocycles. The fourth-order valence-electron chi connectivity index (χ4n) is 0.684. The molecular formula is C6H7NO3. The highest BCUT2D eigenvalue weighted by Gasteiger charge is 2.12. The van der Waals surface area contributed by atoms with Gasteiger partial charge in [-0.2, -0.15) is 0 Å². The van der Waals surface area contributed by atoms with Crippen molar-refractivity contribution in [1.29, 1.82) is 0 Å². The van der Waals surface area contributed by atoms with Crippen LogP contribution in [0.4, 0.5) is 0 Å². The van der Waals surface area contributed by atoms with Gasteiger partial charge < -0.3 is 9.63 Å². The predicted octanol–water partition coefficient (Wildman–Crippen LogP) is 0.935. The predicted molar refractivity (Wildman–Crippen MR) is 32.8 cm³/mol. The molecule has 0 unspecified atom stereocenters. The molecule has 4 heteroatoms. The van der Waals surface area contributed by atoms with E-state index in [9.17, 15) is 4.79 Å². The molecule has 0 bridgehead atoms. The Morgan fingerprint density at radius 1 is 1.90 bits per heavy atom. The van der Waals surface area contributed by atoms with Crippen LogP contribution in [0.15, 0.2) is 10.8 Å². The summed E-state index contributed by atoms with van der Waals surface area (Å²) in [6.07, 6.45) is 1.98. The average molecular weight is 141 g/mol. The second kappa shape index (κ2) is 2.51. The third-order valence-electron chi connectivity index (χ3n) is 1.23. The Bertz CT molecular complexity index is 241. The van der Waals surface area contributed by atoms with E-state index in [2.05, 4.69) is 9.68 Å².